The van der Waals surface area contributed by atoms with Crippen LogP contribution in [0, 0.1) is 5.82 Å². The van der Waals surface area contributed by atoms with Gasteiger partial charge in [0, 0.05) is 11.6 Å². The molecular formula is C27H28FN3O7S. The Kier molecular flexibility index (Phi) is 6.98. The van der Waals surface area contributed by atoms with Crippen molar-refractivity contribution >= 4 is 21.6 Å². The third-order valence-corrected chi connectivity index (χ3v) is 8.18. The molecule has 2 heterocycles. The van der Waals surface area contributed by atoms with E-state index < -0.39 is 21.4 Å². The van der Waals surface area contributed by atoms with Crippen LogP contribution >= 0.6 is 0 Å². The number of hydrogen-bond acceptors (Lipinski definition) is 8. The van der Waals surface area contributed by atoms with E-state index in [9.17, 15) is 17.6 Å². The molecule has 1 N–H and O–H groups in total. The molecule has 1 saturated carbocycles. The van der Waals surface area contributed by atoms with Crippen molar-refractivity contribution in [3.05, 3.63) is 65.6 Å². The fourth-order valence-electron chi connectivity index (χ4n) is 4.55. The highest BCUT2D eigenvalue weighted by atomic mass is 32.2. The fraction of sp³-hybridized carbons (Fsp3) is 0.333. The number of methoxy groups -OCH3 is 2. The van der Waals surface area contributed by atoms with E-state index in [0.717, 1.165) is 30.5 Å². The van der Waals surface area contributed by atoms with Crippen molar-refractivity contribution in [3.63, 3.8) is 0 Å². The van der Waals surface area contributed by atoms with E-state index in [1.165, 1.54) is 18.3 Å². The normalized spacial score (nSPS) is 15.7. The average Bonchev–Trinajstić information content (AvgIpc) is 3.73. The van der Waals surface area contributed by atoms with E-state index in [4.69, 9.17) is 18.9 Å². The first-order valence-electron chi connectivity index (χ1n) is 12.3. The highest BCUT2D eigenvalue weighted by molar-refractivity contribution is 7.92. The maximum atomic E-state index is 13.9. The van der Waals surface area contributed by atoms with Crippen molar-refractivity contribution in [1.82, 2.24) is 9.88 Å². The largest absolute Gasteiger partial charge is 0.497 e. The van der Waals surface area contributed by atoms with Gasteiger partial charge in [0.2, 0.25) is 5.88 Å². The summed E-state index contributed by atoms with van der Waals surface area (Å²) in [5.41, 5.74) is 0.402. The molecule has 1 aliphatic carbocycles. The lowest BCUT2D eigenvalue weighted by atomic mass is 10.1. The van der Waals surface area contributed by atoms with Crippen LogP contribution < -0.4 is 23.7 Å². The molecule has 1 aromatic heterocycles. The van der Waals surface area contributed by atoms with Gasteiger partial charge in [0.05, 0.1) is 44.8 Å². The van der Waals surface area contributed by atoms with Crippen molar-refractivity contribution in [2.75, 3.05) is 32.2 Å². The predicted octanol–water partition coefficient (Wildman–Crippen LogP) is 4.00. The van der Waals surface area contributed by atoms with Crippen molar-refractivity contribution in [1.29, 1.82) is 0 Å². The molecule has 10 nitrogen and oxygen atoms in total. The number of anilines is 1. The smallest absolute Gasteiger partial charge is 0.265 e. The molecule has 1 aliphatic heterocycles. The van der Waals surface area contributed by atoms with E-state index >= 15 is 0 Å². The topological polar surface area (TPSA) is 116 Å². The van der Waals surface area contributed by atoms with Crippen molar-refractivity contribution in [2.45, 2.75) is 36.7 Å². The molecule has 1 spiro atoms. The molecule has 0 atom stereocenters. The molecule has 2 aromatic carbocycles. The number of ether oxygens (including phenoxy) is 4. The molecule has 0 unspecified atom stereocenters. The summed E-state index contributed by atoms with van der Waals surface area (Å²) in [6.45, 7) is 2.38. The monoisotopic (exact) mass is 557 g/mol. The fourth-order valence-corrected chi connectivity index (χ4v) is 5.74. The Morgan fingerprint density at radius 2 is 1.90 bits per heavy atom. The summed E-state index contributed by atoms with van der Waals surface area (Å²) in [5.74, 6) is 0.222. The lowest BCUT2D eigenvalue weighted by Crippen LogP contribution is -2.43. The first-order valence-corrected chi connectivity index (χ1v) is 13.8. The zero-order chi connectivity index (χ0) is 27.8. The predicted molar refractivity (Wildman–Crippen MR) is 139 cm³/mol. The second-order valence-corrected chi connectivity index (χ2v) is 10.9. The minimum absolute atomic E-state index is 0.00354. The van der Waals surface area contributed by atoms with Gasteiger partial charge in [-0.05, 0) is 56.2 Å². The Hall–Kier alpha value is -4.06. The van der Waals surface area contributed by atoms with Gasteiger partial charge < -0.3 is 23.8 Å². The quantitative estimate of drug-likeness (QED) is 0.420. The van der Waals surface area contributed by atoms with E-state index in [2.05, 4.69) is 9.71 Å². The van der Waals surface area contributed by atoms with Crippen molar-refractivity contribution in [3.8, 4) is 23.1 Å². The number of halogens is 1. The average molecular weight is 558 g/mol. The molecule has 12 heteroatoms. The number of pyridine rings is 1. The zero-order valence-electron chi connectivity index (χ0n) is 21.7. The lowest BCUT2D eigenvalue weighted by Gasteiger charge is -2.30. The number of rotatable bonds is 9. The number of benzene rings is 2. The Labute approximate surface area is 225 Å². The molecule has 1 fully saturated rings. The van der Waals surface area contributed by atoms with Gasteiger partial charge in [0.25, 0.3) is 15.9 Å². The SMILES string of the molecule is CCOc1ccc(F)cc1S(=O)(=O)Nc1cnc2c(c1)C(=O)N(Cc1ccc(OC)cc1OC)C1(CC1)CO2. The molecule has 3 aromatic rings. The van der Waals surface area contributed by atoms with Gasteiger partial charge in [-0.3, -0.25) is 9.52 Å². The molecule has 0 bridgehead atoms. The van der Waals surface area contributed by atoms with Gasteiger partial charge in [-0.15, -0.1) is 0 Å². The minimum atomic E-state index is -4.28. The summed E-state index contributed by atoms with van der Waals surface area (Å²) >= 11 is 0. The molecule has 1 amide bonds. The molecule has 2 aliphatic rings. The summed E-state index contributed by atoms with van der Waals surface area (Å²) in [6.07, 6.45) is 2.76. The second-order valence-electron chi connectivity index (χ2n) is 9.29. The van der Waals surface area contributed by atoms with E-state index in [1.54, 1.807) is 38.2 Å². The van der Waals surface area contributed by atoms with Gasteiger partial charge in [-0.1, -0.05) is 0 Å². The molecular weight excluding hydrogens is 529 g/mol. The number of nitrogens with one attached hydrogen (secondary N) is 1. The van der Waals surface area contributed by atoms with Crippen LogP contribution in [-0.4, -0.2) is 57.2 Å². The van der Waals surface area contributed by atoms with E-state index in [1.807, 2.05) is 6.07 Å². The first kappa shape index (κ1) is 26.5. The van der Waals surface area contributed by atoms with Crippen LogP contribution in [0.4, 0.5) is 10.1 Å². The zero-order valence-corrected chi connectivity index (χ0v) is 22.5. The van der Waals surface area contributed by atoms with Crippen LogP contribution in [0.15, 0.2) is 53.6 Å². The highest BCUT2D eigenvalue weighted by Gasteiger charge is 2.53. The van der Waals surface area contributed by atoms with Gasteiger partial charge in [-0.2, -0.15) is 0 Å². The van der Waals surface area contributed by atoms with Crippen LogP contribution in [0.25, 0.3) is 0 Å². The Balaban J connectivity index is 1.47. The van der Waals surface area contributed by atoms with Crippen molar-refractivity contribution in [2.24, 2.45) is 0 Å². The van der Waals surface area contributed by atoms with E-state index in [-0.39, 0.29) is 53.4 Å². The number of sulfonamides is 1. The van der Waals surface area contributed by atoms with Crippen molar-refractivity contribution < 1.29 is 36.6 Å². The summed E-state index contributed by atoms with van der Waals surface area (Å²) in [5, 5.41) is 0. The van der Waals surface area contributed by atoms with Crippen LogP contribution in [0.5, 0.6) is 23.1 Å². The molecule has 0 radical (unpaired) electrons. The number of carbonyl (C=O) groups excluding carboxylic acids is 1. The van der Waals surface area contributed by atoms with Gasteiger partial charge in [0.1, 0.15) is 40.1 Å². The number of hydrogen-bond donors (Lipinski definition) is 1. The Morgan fingerprint density at radius 3 is 2.59 bits per heavy atom. The lowest BCUT2D eigenvalue weighted by molar-refractivity contribution is 0.0591. The molecule has 5 rings (SSSR count). The van der Waals surface area contributed by atoms with Crippen LogP contribution in [0.1, 0.15) is 35.7 Å². The Morgan fingerprint density at radius 1 is 1.10 bits per heavy atom. The summed E-state index contributed by atoms with van der Waals surface area (Å²) in [7, 11) is -1.17. The molecule has 0 saturated heterocycles. The molecule has 206 valence electrons. The minimum Gasteiger partial charge on any atom is -0.497 e. The van der Waals surface area contributed by atoms with Crippen LogP contribution in [0.3, 0.4) is 0 Å². The summed E-state index contributed by atoms with van der Waals surface area (Å²) < 4.78 is 64.8. The van der Waals surface area contributed by atoms with Gasteiger partial charge in [-0.25, -0.2) is 17.8 Å². The summed E-state index contributed by atoms with van der Waals surface area (Å²) in [6, 6.07) is 10.00. The third kappa shape index (κ3) is 5.16. The number of fused-ring (bicyclic) bond motifs is 1. The number of nitrogens with zero attached hydrogens (tertiary/aromatic N) is 2. The first-order chi connectivity index (χ1) is 18.7. The number of carbonyl (C=O) groups is 1. The van der Waals surface area contributed by atoms with Gasteiger partial charge >= 0.3 is 0 Å². The summed E-state index contributed by atoms with van der Waals surface area (Å²) in [4.78, 5) is 19.5. The van der Waals surface area contributed by atoms with Crippen LogP contribution in [-0.2, 0) is 16.6 Å². The number of aromatic nitrogens is 1. The third-order valence-electron chi connectivity index (χ3n) is 6.77. The van der Waals surface area contributed by atoms with Gasteiger partial charge in [0.15, 0.2) is 0 Å². The highest BCUT2D eigenvalue weighted by Crippen LogP contribution is 2.47. The maximum absolute atomic E-state index is 13.9. The second kappa shape index (κ2) is 10.3. The van der Waals surface area contributed by atoms with E-state index in [0.29, 0.717) is 11.5 Å². The van der Waals surface area contributed by atoms with Crippen LogP contribution in [0.2, 0.25) is 0 Å². The molecule has 39 heavy (non-hydrogen) atoms. The standard InChI is InChI=1S/C27H28FN3O7S/c1-4-37-22-8-6-18(28)11-24(22)39(33,34)30-19-12-21-25(29-14-19)38-16-27(9-10-27)31(26(21)32)15-17-5-7-20(35-2)13-23(17)36-3/h5-8,11-14,30H,4,9-10,15-16H2,1-3H3. The number of amides is 1. The Bertz CT molecular complexity index is 1530. The maximum Gasteiger partial charge on any atom is 0.265 e.